The lowest BCUT2D eigenvalue weighted by Gasteiger charge is -2.08. The number of imidazole rings is 1. The molecule has 0 saturated carbocycles. The van der Waals surface area contributed by atoms with Crippen LogP contribution in [0.15, 0.2) is 30.3 Å². The molecular weight excluding hydrogens is 334 g/mol. The third-order valence-electron chi connectivity index (χ3n) is 3.12. The van der Waals surface area contributed by atoms with E-state index in [0.29, 0.717) is 20.5 Å². The first kappa shape index (κ1) is 14.4. The molecule has 0 spiro atoms. The predicted molar refractivity (Wildman–Crippen MR) is 85.0 cm³/mol. The third kappa shape index (κ3) is 2.41. The minimum Gasteiger partial charge on any atom is -0.494 e. The van der Waals surface area contributed by atoms with E-state index in [9.17, 15) is 4.39 Å². The summed E-state index contributed by atoms with van der Waals surface area (Å²) in [7, 11) is 1.41. The Balaban J connectivity index is 2.29. The van der Waals surface area contributed by atoms with Crippen molar-refractivity contribution in [1.82, 2.24) is 9.55 Å². The minimum absolute atomic E-state index is 0.172. The summed E-state index contributed by atoms with van der Waals surface area (Å²) in [4.78, 5) is 3.02. The van der Waals surface area contributed by atoms with Gasteiger partial charge in [0, 0.05) is 6.07 Å². The average Bonchev–Trinajstić information content (AvgIpc) is 2.74. The van der Waals surface area contributed by atoms with Gasteiger partial charge in [-0.3, -0.25) is 4.57 Å². The molecule has 3 nitrogen and oxygen atoms in total. The van der Waals surface area contributed by atoms with Crippen molar-refractivity contribution < 1.29 is 9.13 Å². The van der Waals surface area contributed by atoms with Crippen LogP contribution >= 0.6 is 35.4 Å². The highest BCUT2D eigenvalue weighted by atomic mass is 35.5. The Bertz CT molecular complexity index is 904. The van der Waals surface area contributed by atoms with Crippen molar-refractivity contribution >= 4 is 46.5 Å². The summed E-state index contributed by atoms with van der Waals surface area (Å²) in [5, 5.41) is 0.828. The zero-order chi connectivity index (χ0) is 15.1. The second-order valence-corrected chi connectivity index (χ2v) is 5.57. The van der Waals surface area contributed by atoms with Gasteiger partial charge < -0.3 is 9.72 Å². The number of aromatic nitrogens is 2. The van der Waals surface area contributed by atoms with Crippen LogP contribution in [0.2, 0.25) is 10.0 Å². The molecule has 0 bridgehead atoms. The maximum Gasteiger partial charge on any atom is 0.182 e. The SMILES string of the molecule is COc1ccc(-n2c(=S)[nH]c3cc(Cl)c(Cl)cc32)cc1F. The summed E-state index contributed by atoms with van der Waals surface area (Å²) < 4.78 is 20.9. The van der Waals surface area contributed by atoms with Crippen molar-refractivity contribution in [2.45, 2.75) is 0 Å². The lowest BCUT2D eigenvalue weighted by molar-refractivity contribution is 0.386. The number of nitrogens with zero attached hydrogens (tertiary/aromatic N) is 1. The summed E-state index contributed by atoms with van der Waals surface area (Å²) in [6.07, 6.45) is 0. The molecule has 1 N–H and O–H groups in total. The van der Waals surface area contributed by atoms with Gasteiger partial charge in [-0.25, -0.2) is 4.39 Å². The fraction of sp³-hybridized carbons (Fsp3) is 0.0714. The van der Waals surface area contributed by atoms with Gasteiger partial charge in [-0.2, -0.15) is 0 Å². The fourth-order valence-corrected chi connectivity index (χ4v) is 2.79. The van der Waals surface area contributed by atoms with Crippen molar-refractivity contribution in [2.75, 3.05) is 7.11 Å². The first-order valence-corrected chi connectivity index (χ1v) is 7.11. The van der Waals surface area contributed by atoms with Gasteiger partial charge in [-0.1, -0.05) is 23.2 Å². The molecule has 0 atom stereocenters. The number of hydrogen-bond acceptors (Lipinski definition) is 2. The zero-order valence-electron chi connectivity index (χ0n) is 10.8. The van der Waals surface area contributed by atoms with Crippen molar-refractivity contribution in [3.8, 4) is 11.4 Å². The Morgan fingerprint density at radius 2 is 1.90 bits per heavy atom. The third-order valence-corrected chi connectivity index (χ3v) is 4.12. The number of methoxy groups -OCH3 is 1. The topological polar surface area (TPSA) is 29.9 Å². The van der Waals surface area contributed by atoms with E-state index in [1.165, 1.54) is 13.2 Å². The van der Waals surface area contributed by atoms with Gasteiger partial charge in [0.1, 0.15) is 0 Å². The van der Waals surface area contributed by atoms with Gasteiger partial charge in [-0.05, 0) is 36.5 Å². The van der Waals surface area contributed by atoms with Crippen LogP contribution in [-0.2, 0) is 0 Å². The van der Waals surface area contributed by atoms with Crippen LogP contribution in [0.25, 0.3) is 16.7 Å². The molecule has 0 amide bonds. The lowest BCUT2D eigenvalue weighted by Crippen LogP contribution is -1.96. The number of hydrogen-bond donors (Lipinski definition) is 1. The van der Waals surface area contributed by atoms with Crippen molar-refractivity contribution in [3.63, 3.8) is 0 Å². The molecule has 1 aromatic heterocycles. The van der Waals surface area contributed by atoms with Gasteiger partial charge in [0.25, 0.3) is 0 Å². The quantitative estimate of drug-likeness (QED) is 0.653. The Labute approximate surface area is 134 Å². The second kappa shape index (κ2) is 5.33. The van der Waals surface area contributed by atoms with Crippen molar-refractivity contribution in [2.24, 2.45) is 0 Å². The summed E-state index contributed by atoms with van der Waals surface area (Å²) in [5.74, 6) is -0.294. The first-order chi connectivity index (χ1) is 10.0. The number of fused-ring (bicyclic) bond motifs is 1. The number of aromatic amines is 1. The molecule has 0 aliphatic rings. The molecule has 2 aromatic carbocycles. The molecule has 108 valence electrons. The van der Waals surface area contributed by atoms with E-state index in [1.807, 2.05) is 0 Å². The largest absolute Gasteiger partial charge is 0.494 e. The van der Waals surface area contributed by atoms with Crippen LogP contribution in [0.5, 0.6) is 5.75 Å². The Kier molecular flexibility index (Phi) is 3.65. The highest BCUT2D eigenvalue weighted by Crippen LogP contribution is 2.30. The molecule has 7 heteroatoms. The first-order valence-electron chi connectivity index (χ1n) is 5.95. The Hall–Kier alpha value is -1.56. The van der Waals surface area contributed by atoms with Gasteiger partial charge in [0.05, 0.1) is 33.9 Å². The van der Waals surface area contributed by atoms with Crippen LogP contribution in [0, 0.1) is 10.6 Å². The van der Waals surface area contributed by atoms with Crippen LogP contribution in [0.3, 0.4) is 0 Å². The number of nitrogens with one attached hydrogen (secondary N) is 1. The van der Waals surface area contributed by atoms with Gasteiger partial charge in [0.15, 0.2) is 16.3 Å². The van der Waals surface area contributed by atoms with E-state index >= 15 is 0 Å². The molecule has 0 unspecified atom stereocenters. The molecule has 0 aliphatic carbocycles. The summed E-state index contributed by atoms with van der Waals surface area (Å²) in [6.45, 7) is 0. The molecule has 0 radical (unpaired) electrons. The summed E-state index contributed by atoms with van der Waals surface area (Å²) in [5.41, 5.74) is 2.02. The Morgan fingerprint density at radius 3 is 2.57 bits per heavy atom. The molecule has 21 heavy (non-hydrogen) atoms. The normalized spacial score (nSPS) is 11.0. The molecular formula is C14H9Cl2FN2OS. The second-order valence-electron chi connectivity index (χ2n) is 4.37. The van der Waals surface area contributed by atoms with Crippen LogP contribution in [-0.4, -0.2) is 16.7 Å². The maximum atomic E-state index is 13.9. The van der Waals surface area contributed by atoms with Gasteiger partial charge in [0.2, 0.25) is 0 Å². The molecule has 0 fully saturated rings. The number of benzene rings is 2. The van der Waals surface area contributed by atoms with Crippen LogP contribution in [0.4, 0.5) is 4.39 Å². The lowest BCUT2D eigenvalue weighted by atomic mass is 10.2. The molecule has 3 aromatic rings. The number of H-pyrrole nitrogens is 1. The van der Waals surface area contributed by atoms with Crippen LogP contribution in [0.1, 0.15) is 0 Å². The van der Waals surface area contributed by atoms with Gasteiger partial charge >= 0.3 is 0 Å². The van der Waals surface area contributed by atoms with E-state index < -0.39 is 5.82 Å². The minimum atomic E-state index is -0.466. The predicted octanol–water partition coefficient (Wildman–Crippen LogP) is 5.14. The standard InChI is InChI=1S/C14H9Cl2FN2OS/c1-20-13-3-2-7(4-10(13)17)19-12-6-9(16)8(15)5-11(12)18-14(19)21/h2-6H,1H3,(H,18,21). The van der Waals surface area contributed by atoms with Crippen LogP contribution < -0.4 is 4.74 Å². The van der Waals surface area contributed by atoms with Gasteiger partial charge in [-0.15, -0.1) is 0 Å². The fourth-order valence-electron chi connectivity index (χ4n) is 2.15. The monoisotopic (exact) mass is 342 g/mol. The highest BCUT2D eigenvalue weighted by Gasteiger charge is 2.12. The smallest absolute Gasteiger partial charge is 0.182 e. The van der Waals surface area contributed by atoms with E-state index in [-0.39, 0.29) is 5.75 Å². The Morgan fingerprint density at radius 1 is 1.19 bits per heavy atom. The molecule has 1 heterocycles. The van der Waals surface area contributed by atoms with E-state index in [2.05, 4.69) is 4.98 Å². The summed E-state index contributed by atoms with van der Waals surface area (Å²) in [6, 6.07) is 7.99. The summed E-state index contributed by atoms with van der Waals surface area (Å²) >= 11 is 17.3. The molecule has 0 aliphatic heterocycles. The number of ether oxygens (including phenoxy) is 1. The maximum absolute atomic E-state index is 13.9. The van der Waals surface area contributed by atoms with Crippen molar-refractivity contribution in [1.29, 1.82) is 0 Å². The van der Waals surface area contributed by atoms with E-state index in [1.54, 1.807) is 28.8 Å². The van der Waals surface area contributed by atoms with Crippen molar-refractivity contribution in [3.05, 3.63) is 51.0 Å². The van der Waals surface area contributed by atoms with E-state index in [4.69, 9.17) is 40.2 Å². The molecule has 0 saturated heterocycles. The molecule has 3 rings (SSSR count). The zero-order valence-corrected chi connectivity index (χ0v) is 13.1. The number of rotatable bonds is 2. The number of halogens is 3. The average molecular weight is 343 g/mol. The highest BCUT2D eigenvalue weighted by molar-refractivity contribution is 7.71. The van der Waals surface area contributed by atoms with E-state index in [0.717, 1.165) is 11.0 Å².